The molecule has 1 saturated carbocycles. The van der Waals surface area contributed by atoms with Gasteiger partial charge in [-0.25, -0.2) is 8.78 Å². The smallest absolute Gasteiger partial charge is 0.211 e. The van der Waals surface area contributed by atoms with Gasteiger partial charge in [0.15, 0.2) is 0 Å². The average molecular weight is 199 g/mol. The Morgan fingerprint density at radius 1 is 1.44 bits per heavy atom. The largest absolute Gasteiger partial charge is 0.239 e. The minimum atomic E-state index is -2.12. The molecule has 54 valence electrons. The third kappa shape index (κ3) is 1.88. The van der Waals surface area contributed by atoms with Crippen LogP contribution in [0.1, 0.15) is 19.3 Å². The topological polar surface area (TPSA) is 0 Å². The van der Waals surface area contributed by atoms with Crippen LogP contribution in [0.25, 0.3) is 0 Å². The molecule has 0 unspecified atom stereocenters. The monoisotopic (exact) mass is 198 g/mol. The lowest BCUT2D eigenvalue weighted by Crippen LogP contribution is -2.07. The molecule has 3 heteroatoms. The summed E-state index contributed by atoms with van der Waals surface area (Å²) in [7, 11) is 0. The van der Waals surface area contributed by atoms with Crippen LogP contribution in [0, 0.1) is 5.41 Å². The van der Waals surface area contributed by atoms with Gasteiger partial charge in [0.05, 0.1) is 0 Å². The fourth-order valence-corrected chi connectivity index (χ4v) is 1.69. The Balaban J connectivity index is 2.25. The predicted octanol–water partition coefficient (Wildman–Crippen LogP) is 2.82. The number of hydrogen-bond donors (Lipinski definition) is 0. The molecule has 0 aliphatic heterocycles. The van der Waals surface area contributed by atoms with Gasteiger partial charge in [0.1, 0.15) is 0 Å². The molecule has 0 atom stereocenters. The Morgan fingerprint density at radius 3 is 2.11 bits per heavy atom. The van der Waals surface area contributed by atoms with E-state index < -0.39 is 6.43 Å². The number of hydrogen-bond acceptors (Lipinski definition) is 0. The van der Waals surface area contributed by atoms with Crippen LogP contribution < -0.4 is 0 Å². The lowest BCUT2D eigenvalue weighted by Gasteiger charge is -2.08. The molecular formula is C6H9BrF2. The zero-order valence-corrected chi connectivity index (χ0v) is 6.63. The highest BCUT2D eigenvalue weighted by Crippen LogP contribution is 2.51. The molecule has 0 spiro atoms. The van der Waals surface area contributed by atoms with Crippen molar-refractivity contribution in [2.24, 2.45) is 5.41 Å². The quantitative estimate of drug-likeness (QED) is 0.613. The normalized spacial score (nSPS) is 22.7. The van der Waals surface area contributed by atoms with Crippen LogP contribution in [0.5, 0.6) is 0 Å². The summed E-state index contributed by atoms with van der Waals surface area (Å²) in [5, 5.41) is 0.740. The fourth-order valence-electron chi connectivity index (χ4n) is 0.896. The van der Waals surface area contributed by atoms with Gasteiger partial charge in [0, 0.05) is 11.8 Å². The lowest BCUT2D eigenvalue weighted by atomic mass is 10.1. The predicted molar refractivity (Wildman–Crippen MR) is 36.1 cm³/mol. The summed E-state index contributed by atoms with van der Waals surface area (Å²) in [6, 6.07) is 0. The zero-order chi connectivity index (χ0) is 6.91. The maximum absolute atomic E-state index is 11.7. The molecule has 0 bridgehead atoms. The second-order valence-electron chi connectivity index (χ2n) is 2.73. The minimum absolute atomic E-state index is 0.0197. The minimum Gasteiger partial charge on any atom is -0.211 e. The van der Waals surface area contributed by atoms with E-state index in [4.69, 9.17) is 0 Å². The van der Waals surface area contributed by atoms with Crippen LogP contribution >= 0.6 is 15.9 Å². The maximum atomic E-state index is 11.7. The first-order valence-electron chi connectivity index (χ1n) is 3.03. The van der Waals surface area contributed by atoms with Gasteiger partial charge >= 0.3 is 0 Å². The molecule has 0 radical (unpaired) electrons. The summed E-state index contributed by atoms with van der Waals surface area (Å²) in [6.07, 6.45) is -0.0891. The van der Waals surface area contributed by atoms with Crippen LogP contribution in [0.3, 0.4) is 0 Å². The molecule has 0 aromatic heterocycles. The molecule has 9 heavy (non-hydrogen) atoms. The van der Waals surface area contributed by atoms with Crippen molar-refractivity contribution in [1.29, 1.82) is 0 Å². The van der Waals surface area contributed by atoms with Crippen molar-refractivity contribution in [2.75, 3.05) is 5.33 Å². The Bertz CT molecular complexity index is 99.2. The van der Waals surface area contributed by atoms with Crippen molar-refractivity contribution >= 4 is 15.9 Å². The second-order valence-corrected chi connectivity index (χ2v) is 3.29. The van der Waals surface area contributed by atoms with Gasteiger partial charge in [-0.1, -0.05) is 15.9 Å². The summed E-state index contributed by atoms with van der Waals surface area (Å²) < 4.78 is 23.5. The lowest BCUT2D eigenvalue weighted by molar-refractivity contribution is 0.114. The van der Waals surface area contributed by atoms with E-state index in [9.17, 15) is 8.78 Å². The van der Waals surface area contributed by atoms with Crippen LogP contribution in [0.2, 0.25) is 0 Å². The van der Waals surface area contributed by atoms with E-state index in [0.717, 1.165) is 18.2 Å². The number of rotatable bonds is 3. The van der Waals surface area contributed by atoms with Gasteiger partial charge in [-0.3, -0.25) is 0 Å². The summed E-state index contributed by atoms with van der Waals surface area (Å²) in [5.41, 5.74) is -0.0197. The SMILES string of the molecule is FC(F)CC1(CBr)CC1. The Labute approximate surface area is 61.8 Å². The van der Waals surface area contributed by atoms with Crippen LogP contribution in [0.15, 0.2) is 0 Å². The van der Waals surface area contributed by atoms with Crippen molar-refractivity contribution in [3.05, 3.63) is 0 Å². The summed E-state index contributed by atoms with van der Waals surface area (Å²) in [4.78, 5) is 0. The first-order chi connectivity index (χ1) is 4.18. The van der Waals surface area contributed by atoms with E-state index in [1.807, 2.05) is 0 Å². The third-order valence-electron chi connectivity index (χ3n) is 1.83. The van der Waals surface area contributed by atoms with E-state index in [1.54, 1.807) is 0 Å². The highest BCUT2D eigenvalue weighted by atomic mass is 79.9. The van der Waals surface area contributed by atoms with E-state index >= 15 is 0 Å². The first kappa shape index (κ1) is 7.45. The Morgan fingerprint density at radius 2 is 2.00 bits per heavy atom. The molecule has 0 amide bonds. The third-order valence-corrected chi connectivity index (χ3v) is 3.02. The molecular weight excluding hydrogens is 190 g/mol. The molecule has 0 nitrogen and oxygen atoms in total. The van der Waals surface area contributed by atoms with Gasteiger partial charge in [0.2, 0.25) is 6.43 Å². The van der Waals surface area contributed by atoms with Crippen LogP contribution in [-0.2, 0) is 0 Å². The zero-order valence-electron chi connectivity index (χ0n) is 5.04. The second kappa shape index (κ2) is 2.52. The highest BCUT2D eigenvalue weighted by molar-refractivity contribution is 9.09. The Kier molecular flexibility index (Phi) is 2.09. The molecule has 1 fully saturated rings. The molecule has 0 heterocycles. The maximum Gasteiger partial charge on any atom is 0.239 e. The van der Waals surface area contributed by atoms with Gasteiger partial charge in [-0.2, -0.15) is 0 Å². The standard InChI is InChI=1S/C6H9BrF2/c7-4-6(1-2-6)3-5(8)9/h5H,1-4H2. The van der Waals surface area contributed by atoms with Crippen LogP contribution in [-0.4, -0.2) is 11.8 Å². The molecule has 1 aliphatic rings. The molecule has 0 N–H and O–H groups in total. The summed E-state index contributed by atoms with van der Waals surface area (Å²) >= 11 is 3.23. The molecule has 0 saturated heterocycles. The summed E-state index contributed by atoms with van der Waals surface area (Å²) in [6.45, 7) is 0. The average Bonchev–Trinajstić information content (AvgIpc) is 2.48. The van der Waals surface area contributed by atoms with Crippen molar-refractivity contribution in [3.63, 3.8) is 0 Å². The molecule has 0 aromatic carbocycles. The van der Waals surface area contributed by atoms with E-state index in [1.165, 1.54) is 0 Å². The van der Waals surface area contributed by atoms with E-state index in [2.05, 4.69) is 15.9 Å². The first-order valence-corrected chi connectivity index (χ1v) is 4.15. The molecule has 1 aliphatic carbocycles. The molecule has 1 rings (SSSR count). The number of halogens is 3. The number of alkyl halides is 3. The van der Waals surface area contributed by atoms with Crippen molar-refractivity contribution in [3.8, 4) is 0 Å². The van der Waals surface area contributed by atoms with Gasteiger partial charge in [0.25, 0.3) is 0 Å². The van der Waals surface area contributed by atoms with E-state index in [0.29, 0.717) is 0 Å². The fraction of sp³-hybridized carbons (Fsp3) is 1.00. The van der Waals surface area contributed by atoms with Gasteiger partial charge in [-0.15, -0.1) is 0 Å². The van der Waals surface area contributed by atoms with Crippen LogP contribution in [0.4, 0.5) is 8.78 Å². The van der Waals surface area contributed by atoms with Crippen molar-refractivity contribution in [1.82, 2.24) is 0 Å². The van der Waals surface area contributed by atoms with Gasteiger partial charge < -0.3 is 0 Å². The van der Waals surface area contributed by atoms with Crippen molar-refractivity contribution < 1.29 is 8.78 Å². The van der Waals surface area contributed by atoms with Crippen molar-refractivity contribution in [2.45, 2.75) is 25.7 Å². The Hall–Kier alpha value is 0.340. The highest BCUT2D eigenvalue weighted by Gasteiger charge is 2.43. The van der Waals surface area contributed by atoms with E-state index in [-0.39, 0.29) is 11.8 Å². The van der Waals surface area contributed by atoms with Gasteiger partial charge in [-0.05, 0) is 18.3 Å². The summed E-state index contributed by atoms with van der Waals surface area (Å²) in [5.74, 6) is 0. The molecule has 0 aromatic rings.